The van der Waals surface area contributed by atoms with Crippen molar-refractivity contribution < 1.29 is 0 Å². The van der Waals surface area contributed by atoms with E-state index < -0.39 is 5.41 Å². The Morgan fingerprint density at radius 2 is 0.921 bits per heavy atom. The van der Waals surface area contributed by atoms with Crippen LogP contribution in [0.2, 0.25) is 0 Å². The molecule has 0 amide bonds. The fraction of sp³-hybridized carbons (Fsp3) is 0.0179. The molecule has 0 aliphatic carbocycles. The van der Waals surface area contributed by atoms with Gasteiger partial charge in [0.1, 0.15) is 11.6 Å². The molecule has 0 unspecified atom stereocenters. The van der Waals surface area contributed by atoms with E-state index in [0.29, 0.717) is 11.3 Å². The van der Waals surface area contributed by atoms with Crippen molar-refractivity contribution in [2.24, 2.45) is 0 Å². The number of hydrogen-bond acceptors (Lipinski definition) is 6. The van der Waals surface area contributed by atoms with Crippen molar-refractivity contribution in [1.82, 2.24) is 4.98 Å². The van der Waals surface area contributed by atoms with Crippen molar-refractivity contribution in [2.45, 2.75) is 15.2 Å². The third-order valence-electron chi connectivity index (χ3n) is 11.9. The summed E-state index contributed by atoms with van der Waals surface area (Å²) in [5, 5.41) is 9.81. The van der Waals surface area contributed by atoms with Gasteiger partial charge in [-0.15, -0.1) is 0 Å². The second-order valence-electron chi connectivity index (χ2n) is 15.4. The maximum atomic E-state index is 9.81. The number of fused-ring (bicyclic) bond motifs is 4. The molecule has 6 nitrogen and oxygen atoms in total. The standard InChI is InChI=1S/C56H36N6S/c1-58-42-30-34-44(35-31-42)60(43-32-28-39(38-57)29-33-43)45-36-54(59-55(37-45)62-50-24-12-14-26-52(50)63-53-27-15-13-25-51(53)62)61-48-22-10-8-20-46(48)56(40-16-4-2-5-17-40,41-18-6-3-7-19-41)47-21-9-11-23-49(47)61/h2-37H. The molecule has 2 aliphatic rings. The predicted octanol–water partition coefficient (Wildman–Crippen LogP) is 15.1. The number of rotatable bonds is 7. The van der Waals surface area contributed by atoms with Crippen LogP contribution in [0.15, 0.2) is 228 Å². The lowest BCUT2D eigenvalue weighted by Crippen LogP contribution is -2.38. The number of anilines is 9. The highest BCUT2D eigenvalue weighted by molar-refractivity contribution is 7.99. The van der Waals surface area contributed by atoms with E-state index >= 15 is 0 Å². The SMILES string of the molecule is [C-]#[N+]c1ccc(N(c2ccc(C#N)cc2)c2cc(N3c4ccccc4Sc4ccccc43)nc(N3c4ccccc4C(c4ccccc4)(c4ccccc4)c4ccccc43)c2)cc1. The van der Waals surface area contributed by atoms with Crippen molar-refractivity contribution in [3.8, 4) is 6.07 Å². The summed E-state index contributed by atoms with van der Waals surface area (Å²) < 4.78 is 0. The molecule has 7 heteroatoms. The van der Waals surface area contributed by atoms with E-state index in [9.17, 15) is 5.26 Å². The van der Waals surface area contributed by atoms with Crippen LogP contribution in [0.25, 0.3) is 4.85 Å². The topological polar surface area (TPSA) is 50.8 Å². The van der Waals surface area contributed by atoms with Crippen LogP contribution < -0.4 is 14.7 Å². The summed E-state index contributed by atoms with van der Waals surface area (Å²) in [5.74, 6) is 1.46. The molecule has 0 saturated heterocycles. The van der Waals surface area contributed by atoms with Gasteiger partial charge in [0, 0.05) is 33.3 Å². The Morgan fingerprint density at radius 3 is 1.41 bits per heavy atom. The Labute approximate surface area is 371 Å². The first-order chi connectivity index (χ1) is 31.1. The number of pyridine rings is 1. The molecule has 63 heavy (non-hydrogen) atoms. The van der Waals surface area contributed by atoms with Gasteiger partial charge in [0.25, 0.3) is 0 Å². The first-order valence-electron chi connectivity index (χ1n) is 20.7. The molecule has 11 rings (SSSR count). The minimum Gasteiger partial charge on any atom is -0.310 e. The molecule has 0 fully saturated rings. The minimum atomic E-state index is -0.645. The van der Waals surface area contributed by atoms with Crippen LogP contribution in [0.1, 0.15) is 27.8 Å². The van der Waals surface area contributed by atoms with Crippen LogP contribution in [-0.4, -0.2) is 4.98 Å². The zero-order chi connectivity index (χ0) is 42.3. The van der Waals surface area contributed by atoms with E-state index in [1.54, 1.807) is 11.8 Å². The summed E-state index contributed by atoms with van der Waals surface area (Å²) in [6.45, 7) is 7.71. The monoisotopic (exact) mass is 824 g/mol. The summed E-state index contributed by atoms with van der Waals surface area (Å²) in [5.41, 5.74) is 11.8. The molecular formula is C56H36N6S. The van der Waals surface area contributed by atoms with Gasteiger partial charge < -0.3 is 4.90 Å². The van der Waals surface area contributed by atoms with Crippen LogP contribution in [0.4, 0.5) is 57.1 Å². The summed E-state index contributed by atoms with van der Waals surface area (Å²) in [6.07, 6.45) is 0. The molecule has 0 saturated carbocycles. The van der Waals surface area contributed by atoms with Crippen molar-refractivity contribution in [3.05, 3.63) is 258 Å². The Balaban J connectivity index is 1.22. The van der Waals surface area contributed by atoms with Crippen molar-refractivity contribution in [3.63, 3.8) is 0 Å². The molecule has 0 bridgehead atoms. The number of nitriles is 1. The average molecular weight is 825 g/mol. The van der Waals surface area contributed by atoms with Gasteiger partial charge in [-0.25, -0.2) is 9.83 Å². The quantitative estimate of drug-likeness (QED) is 0.149. The zero-order valence-corrected chi connectivity index (χ0v) is 34.7. The number of aromatic nitrogens is 1. The largest absolute Gasteiger partial charge is 0.310 e. The number of para-hydroxylation sites is 4. The van der Waals surface area contributed by atoms with Crippen LogP contribution in [0.5, 0.6) is 0 Å². The van der Waals surface area contributed by atoms with Gasteiger partial charge in [-0.1, -0.05) is 145 Å². The van der Waals surface area contributed by atoms with Crippen LogP contribution in [0.3, 0.4) is 0 Å². The normalized spacial score (nSPS) is 13.0. The molecule has 1 aromatic heterocycles. The maximum absolute atomic E-state index is 9.81. The molecule has 0 N–H and O–H groups in total. The van der Waals surface area contributed by atoms with Gasteiger partial charge in [-0.2, -0.15) is 5.26 Å². The first kappa shape index (κ1) is 37.6. The number of nitrogens with zero attached hydrogens (tertiary/aromatic N) is 6. The van der Waals surface area contributed by atoms with E-state index in [-0.39, 0.29) is 0 Å². The average Bonchev–Trinajstić information content (AvgIpc) is 3.35. The molecule has 0 atom stereocenters. The van der Waals surface area contributed by atoms with Crippen molar-refractivity contribution >= 4 is 68.9 Å². The molecule has 9 aromatic rings. The molecule has 2 aliphatic heterocycles. The van der Waals surface area contributed by atoms with Gasteiger partial charge in [-0.3, -0.25) is 9.80 Å². The lowest BCUT2D eigenvalue weighted by Gasteiger charge is -2.46. The summed E-state index contributed by atoms with van der Waals surface area (Å²) in [4.78, 5) is 18.5. The first-order valence-corrected chi connectivity index (χ1v) is 21.5. The maximum Gasteiger partial charge on any atom is 0.187 e. The second kappa shape index (κ2) is 15.6. The van der Waals surface area contributed by atoms with E-state index in [1.165, 1.54) is 11.1 Å². The Kier molecular flexibility index (Phi) is 9.31. The van der Waals surface area contributed by atoms with E-state index in [0.717, 1.165) is 72.4 Å². The predicted molar refractivity (Wildman–Crippen MR) is 255 cm³/mol. The van der Waals surface area contributed by atoms with Gasteiger partial charge in [-0.05, 0) is 95.1 Å². The van der Waals surface area contributed by atoms with E-state index in [1.807, 2.05) is 48.5 Å². The lowest BCUT2D eigenvalue weighted by atomic mass is 9.62. The number of benzene rings is 8. The van der Waals surface area contributed by atoms with Crippen molar-refractivity contribution in [1.29, 1.82) is 5.26 Å². The Bertz CT molecular complexity index is 3050. The third kappa shape index (κ3) is 6.22. The zero-order valence-electron chi connectivity index (χ0n) is 33.9. The van der Waals surface area contributed by atoms with Crippen LogP contribution >= 0.6 is 11.8 Å². The minimum absolute atomic E-state index is 0.551. The van der Waals surface area contributed by atoms with E-state index in [4.69, 9.17) is 11.6 Å². The highest BCUT2D eigenvalue weighted by Gasteiger charge is 2.46. The third-order valence-corrected chi connectivity index (χ3v) is 13.1. The fourth-order valence-electron chi connectivity index (χ4n) is 9.26. The smallest absolute Gasteiger partial charge is 0.187 e. The van der Waals surface area contributed by atoms with Gasteiger partial charge in [0.05, 0.1) is 52.1 Å². The molecule has 3 heterocycles. The number of hydrogen-bond donors (Lipinski definition) is 0. The Hall–Kier alpha value is -8.36. The second-order valence-corrected chi connectivity index (χ2v) is 16.5. The molecule has 0 spiro atoms. The van der Waals surface area contributed by atoms with Crippen LogP contribution in [0, 0.1) is 17.9 Å². The molecule has 8 aromatic carbocycles. The van der Waals surface area contributed by atoms with Gasteiger partial charge >= 0.3 is 0 Å². The summed E-state index contributed by atoms with van der Waals surface area (Å²) in [7, 11) is 0. The fourth-order valence-corrected chi connectivity index (χ4v) is 10.3. The van der Waals surface area contributed by atoms with Gasteiger partial charge in [0.15, 0.2) is 5.69 Å². The molecule has 0 radical (unpaired) electrons. The summed E-state index contributed by atoms with van der Waals surface area (Å²) in [6, 6.07) is 78.0. The van der Waals surface area contributed by atoms with Crippen LogP contribution in [-0.2, 0) is 5.41 Å². The highest BCUT2D eigenvalue weighted by atomic mass is 32.2. The van der Waals surface area contributed by atoms with Crippen molar-refractivity contribution in [2.75, 3.05) is 14.7 Å². The highest BCUT2D eigenvalue weighted by Crippen LogP contribution is 2.58. The Morgan fingerprint density at radius 1 is 0.492 bits per heavy atom. The molecule has 296 valence electrons. The summed E-state index contributed by atoms with van der Waals surface area (Å²) >= 11 is 1.76. The lowest BCUT2D eigenvalue weighted by molar-refractivity contribution is 0.730. The molecular weight excluding hydrogens is 789 g/mol. The van der Waals surface area contributed by atoms with Gasteiger partial charge in [0.2, 0.25) is 0 Å². The van der Waals surface area contributed by atoms with E-state index in [2.05, 4.69) is 195 Å².